The Kier molecular flexibility index (Phi) is 2.38. The molecule has 0 aliphatic heterocycles. The van der Waals surface area contributed by atoms with Crippen LogP contribution in [0.2, 0.25) is 0 Å². The van der Waals surface area contributed by atoms with E-state index in [1.165, 1.54) is 5.56 Å². The van der Waals surface area contributed by atoms with E-state index in [0.717, 1.165) is 17.9 Å². The van der Waals surface area contributed by atoms with Crippen molar-refractivity contribution in [2.24, 2.45) is 7.05 Å². The molecular weight excluding hydrogens is 144 g/mol. The molecule has 0 aliphatic rings. The third-order valence-corrected chi connectivity index (χ3v) is 1.69. The first-order valence-electron chi connectivity index (χ1n) is 3.34. The molecule has 0 saturated heterocycles. The third kappa shape index (κ3) is 1.53. The highest BCUT2D eigenvalue weighted by Crippen LogP contribution is 2.04. The highest BCUT2D eigenvalue weighted by atomic mass is 32.1. The molecule has 0 saturated carbocycles. The molecule has 0 amide bonds. The highest BCUT2D eigenvalue weighted by Gasteiger charge is 1.99. The SMILES string of the molecule is Cc1cn(C)nc1CCS. The molecule has 0 N–H and O–H groups in total. The molecule has 0 aliphatic carbocycles. The number of thiol groups is 1. The molecule has 0 bridgehead atoms. The minimum atomic E-state index is 0.873. The van der Waals surface area contributed by atoms with Crippen molar-refractivity contribution < 1.29 is 0 Å². The van der Waals surface area contributed by atoms with Gasteiger partial charge in [0, 0.05) is 19.7 Å². The molecule has 1 heterocycles. The quantitative estimate of drug-likeness (QED) is 0.637. The summed E-state index contributed by atoms with van der Waals surface area (Å²) in [5.74, 6) is 0.873. The summed E-state index contributed by atoms with van der Waals surface area (Å²) in [6, 6.07) is 0. The standard InChI is InChI=1S/C7H12N2S/c1-6-5-9(2)8-7(6)3-4-10/h5,10H,3-4H2,1-2H3. The van der Waals surface area contributed by atoms with Gasteiger partial charge in [0.1, 0.15) is 0 Å². The van der Waals surface area contributed by atoms with Crippen LogP contribution in [-0.2, 0) is 13.5 Å². The Morgan fingerprint density at radius 3 is 2.80 bits per heavy atom. The highest BCUT2D eigenvalue weighted by molar-refractivity contribution is 7.80. The number of aryl methyl sites for hydroxylation is 3. The fraction of sp³-hybridized carbons (Fsp3) is 0.571. The molecule has 1 rings (SSSR count). The van der Waals surface area contributed by atoms with Gasteiger partial charge in [-0.05, 0) is 18.2 Å². The first-order chi connectivity index (χ1) is 4.74. The summed E-state index contributed by atoms with van der Waals surface area (Å²) in [5.41, 5.74) is 2.43. The van der Waals surface area contributed by atoms with E-state index in [9.17, 15) is 0 Å². The number of aromatic nitrogens is 2. The second-order valence-corrected chi connectivity index (χ2v) is 2.85. The van der Waals surface area contributed by atoms with Gasteiger partial charge in [0.25, 0.3) is 0 Å². The maximum atomic E-state index is 4.27. The summed E-state index contributed by atoms with van der Waals surface area (Å²) in [4.78, 5) is 0. The summed E-state index contributed by atoms with van der Waals surface area (Å²) in [6.07, 6.45) is 2.99. The van der Waals surface area contributed by atoms with Crippen LogP contribution < -0.4 is 0 Å². The average molecular weight is 156 g/mol. The van der Waals surface area contributed by atoms with Crippen molar-refractivity contribution >= 4 is 12.6 Å². The summed E-state index contributed by atoms with van der Waals surface area (Å²) < 4.78 is 1.84. The minimum absolute atomic E-state index is 0.873. The predicted octanol–water partition coefficient (Wildman–Crippen LogP) is 1.20. The lowest BCUT2D eigenvalue weighted by Crippen LogP contribution is -1.92. The second-order valence-electron chi connectivity index (χ2n) is 2.41. The molecule has 0 fully saturated rings. The predicted molar refractivity (Wildman–Crippen MR) is 45.5 cm³/mol. The maximum absolute atomic E-state index is 4.27. The van der Waals surface area contributed by atoms with Gasteiger partial charge in [0.05, 0.1) is 5.69 Å². The molecule has 1 aromatic rings. The normalized spacial score (nSPS) is 10.3. The van der Waals surface area contributed by atoms with Crippen molar-refractivity contribution in [3.05, 3.63) is 17.5 Å². The van der Waals surface area contributed by atoms with E-state index in [0.29, 0.717) is 0 Å². The molecule has 3 heteroatoms. The second kappa shape index (κ2) is 3.10. The van der Waals surface area contributed by atoms with Crippen LogP contribution in [0.3, 0.4) is 0 Å². The first-order valence-corrected chi connectivity index (χ1v) is 3.97. The van der Waals surface area contributed by atoms with Crippen LogP contribution in [0.1, 0.15) is 11.3 Å². The van der Waals surface area contributed by atoms with Crippen molar-refractivity contribution in [3.8, 4) is 0 Å². The molecule has 0 aromatic carbocycles. The van der Waals surface area contributed by atoms with Crippen molar-refractivity contribution in [3.63, 3.8) is 0 Å². The van der Waals surface area contributed by atoms with Gasteiger partial charge in [-0.2, -0.15) is 17.7 Å². The summed E-state index contributed by atoms with van der Waals surface area (Å²) in [6.45, 7) is 2.08. The molecule has 2 nitrogen and oxygen atoms in total. The monoisotopic (exact) mass is 156 g/mol. The molecule has 0 unspecified atom stereocenters. The van der Waals surface area contributed by atoms with E-state index in [1.54, 1.807) is 0 Å². The van der Waals surface area contributed by atoms with Gasteiger partial charge in [0.2, 0.25) is 0 Å². The van der Waals surface area contributed by atoms with Gasteiger partial charge in [-0.25, -0.2) is 0 Å². The van der Waals surface area contributed by atoms with Gasteiger partial charge < -0.3 is 0 Å². The van der Waals surface area contributed by atoms with E-state index in [2.05, 4.69) is 24.7 Å². The third-order valence-electron chi connectivity index (χ3n) is 1.46. The lowest BCUT2D eigenvalue weighted by atomic mass is 10.2. The van der Waals surface area contributed by atoms with Gasteiger partial charge in [0.15, 0.2) is 0 Å². The Morgan fingerprint density at radius 2 is 2.40 bits per heavy atom. The van der Waals surface area contributed by atoms with Crippen molar-refractivity contribution in [2.45, 2.75) is 13.3 Å². The Balaban J connectivity index is 2.81. The lowest BCUT2D eigenvalue weighted by Gasteiger charge is -1.90. The van der Waals surface area contributed by atoms with Crippen LogP contribution in [0.4, 0.5) is 0 Å². The van der Waals surface area contributed by atoms with E-state index in [-0.39, 0.29) is 0 Å². The van der Waals surface area contributed by atoms with Crippen molar-refractivity contribution in [1.29, 1.82) is 0 Å². The first kappa shape index (κ1) is 7.66. The molecule has 0 atom stereocenters. The number of rotatable bonds is 2. The Bertz CT molecular complexity index is 217. The maximum Gasteiger partial charge on any atom is 0.0661 e. The van der Waals surface area contributed by atoms with E-state index in [1.807, 2.05) is 17.9 Å². The molecule has 0 radical (unpaired) electrons. The van der Waals surface area contributed by atoms with Gasteiger partial charge >= 0.3 is 0 Å². The van der Waals surface area contributed by atoms with Crippen LogP contribution in [0.15, 0.2) is 6.20 Å². The number of hydrogen-bond acceptors (Lipinski definition) is 2. The van der Waals surface area contributed by atoms with Crippen LogP contribution in [0, 0.1) is 6.92 Å². The van der Waals surface area contributed by atoms with E-state index >= 15 is 0 Å². The van der Waals surface area contributed by atoms with Crippen LogP contribution in [-0.4, -0.2) is 15.5 Å². The smallest absolute Gasteiger partial charge is 0.0661 e. The van der Waals surface area contributed by atoms with Gasteiger partial charge in [-0.3, -0.25) is 4.68 Å². The molecule has 10 heavy (non-hydrogen) atoms. The molecule has 56 valence electrons. The average Bonchev–Trinajstić information content (AvgIpc) is 2.13. The van der Waals surface area contributed by atoms with Gasteiger partial charge in [-0.1, -0.05) is 0 Å². The lowest BCUT2D eigenvalue weighted by molar-refractivity contribution is 0.747. The van der Waals surface area contributed by atoms with E-state index < -0.39 is 0 Å². The Morgan fingerprint density at radius 1 is 1.70 bits per heavy atom. The topological polar surface area (TPSA) is 17.8 Å². The van der Waals surface area contributed by atoms with Gasteiger partial charge in [-0.15, -0.1) is 0 Å². The minimum Gasteiger partial charge on any atom is -0.275 e. The van der Waals surface area contributed by atoms with Crippen molar-refractivity contribution in [1.82, 2.24) is 9.78 Å². The number of hydrogen-bond donors (Lipinski definition) is 1. The molecule has 0 spiro atoms. The van der Waals surface area contributed by atoms with Crippen molar-refractivity contribution in [2.75, 3.05) is 5.75 Å². The largest absolute Gasteiger partial charge is 0.275 e. The van der Waals surface area contributed by atoms with Crippen LogP contribution in [0.5, 0.6) is 0 Å². The fourth-order valence-electron chi connectivity index (χ4n) is 1.01. The zero-order valence-corrected chi connectivity index (χ0v) is 7.23. The fourth-order valence-corrected chi connectivity index (χ4v) is 1.22. The van der Waals surface area contributed by atoms with Crippen LogP contribution >= 0.6 is 12.6 Å². The summed E-state index contributed by atoms with van der Waals surface area (Å²) in [7, 11) is 1.94. The Hall–Kier alpha value is -0.440. The van der Waals surface area contributed by atoms with E-state index in [4.69, 9.17) is 0 Å². The molecular formula is C7H12N2S. The Labute approximate surface area is 66.7 Å². The zero-order valence-electron chi connectivity index (χ0n) is 6.33. The van der Waals surface area contributed by atoms with Crippen LogP contribution in [0.25, 0.3) is 0 Å². The summed E-state index contributed by atoms with van der Waals surface area (Å²) >= 11 is 4.14. The zero-order chi connectivity index (χ0) is 7.56. The molecule has 1 aromatic heterocycles. The number of nitrogens with zero attached hydrogens (tertiary/aromatic N) is 2. The summed E-state index contributed by atoms with van der Waals surface area (Å²) in [5, 5.41) is 4.27.